The summed E-state index contributed by atoms with van der Waals surface area (Å²) in [4.78, 5) is 11.0. The number of benzene rings is 1. The van der Waals surface area contributed by atoms with Crippen LogP contribution in [-0.4, -0.2) is 17.2 Å². The highest BCUT2D eigenvalue weighted by Gasteiger charge is 2.19. The topological polar surface area (TPSA) is 61.4 Å². The number of dihydropyridines is 1. The molecule has 0 saturated carbocycles. The molecule has 1 aliphatic rings. The van der Waals surface area contributed by atoms with E-state index in [0.717, 1.165) is 5.56 Å². The Labute approximate surface area is 99.7 Å². The van der Waals surface area contributed by atoms with Gasteiger partial charge < -0.3 is 10.4 Å². The van der Waals surface area contributed by atoms with Crippen LogP contribution in [0.25, 0.3) is 0 Å². The zero-order valence-corrected chi connectivity index (χ0v) is 9.26. The third-order valence-electron chi connectivity index (χ3n) is 2.55. The molecule has 1 aromatic rings. The molecule has 0 saturated heterocycles. The number of allylic oxidation sites excluding steroid dienone is 2. The molecule has 4 heteroatoms. The first-order valence-electron chi connectivity index (χ1n) is 5.41. The predicted octanol–water partition coefficient (Wildman–Crippen LogP) is 1.23. The fourth-order valence-corrected chi connectivity index (χ4v) is 1.67. The van der Waals surface area contributed by atoms with Crippen molar-refractivity contribution in [1.82, 2.24) is 10.6 Å². The first kappa shape index (κ1) is 11.4. The van der Waals surface area contributed by atoms with Gasteiger partial charge in [-0.15, -0.1) is 0 Å². The van der Waals surface area contributed by atoms with E-state index >= 15 is 0 Å². The van der Waals surface area contributed by atoms with Crippen LogP contribution in [0.4, 0.5) is 0 Å². The van der Waals surface area contributed by atoms with Gasteiger partial charge in [0, 0.05) is 6.54 Å². The second-order valence-corrected chi connectivity index (χ2v) is 3.75. The molecule has 0 bridgehead atoms. The quantitative estimate of drug-likeness (QED) is 0.728. The predicted molar refractivity (Wildman–Crippen MR) is 65.1 cm³/mol. The molecule has 88 valence electrons. The Bertz CT molecular complexity index is 452. The van der Waals surface area contributed by atoms with Crippen molar-refractivity contribution >= 4 is 5.97 Å². The van der Waals surface area contributed by atoms with E-state index < -0.39 is 5.97 Å². The van der Waals surface area contributed by atoms with Gasteiger partial charge in [-0.1, -0.05) is 30.3 Å². The summed E-state index contributed by atoms with van der Waals surface area (Å²) >= 11 is 0. The number of carbonyl (C=O) groups is 1. The lowest BCUT2D eigenvalue weighted by Gasteiger charge is -2.22. The van der Waals surface area contributed by atoms with Crippen LogP contribution in [-0.2, 0) is 11.3 Å². The fourth-order valence-electron chi connectivity index (χ4n) is 1.67. The van der Waals surface area contributed by atoms with Gasteiger partial charge in [0.25, 0.3) is 0 Å². The van der Waals surface area contributed by atoms with Crippen molar-refractivity contribution in [3.63, 3.8) is 0 Å². The summed E-state index contributed by atoms with van der Waals surface area (Å²) in [6, 6.07) is 9.86. The zero-order valence-electron chi connectivity index (χ0n) is 9.26. The summed E-state index contributed by atoms with van der Waals surface area (Å²) < 4.78 is 0. The first-order valence-corrected chi connectivity index (χ1v) is 5.41. The molecule has 1 heterocycles. The number of carboxylic acid groups (broad SMARTS) is 1. The Morgan fingerprint density at radius 1 is 1.35 bits per heavy atom. The molecular weight excluding hydrogens is 216 g/mol. The zero-order chi connectivity index (χ0) is 12.1. The Balaban J connectivity index is 1.98. The van der Waals surface area contributed by atoms with E-state index in [0.29, 0.717) is 12.1 Å². The monoisotopic (exact) mass is 230 g/mol. The third kappa shape index (κ3) is 2.95. The van der Waals surface area contributed by atoms with Crippen LogP contribution in [0.2, 0.25) is 0 Å². The highest BCUT2D eigenvalue weighted by molar-refractivity contribution is 5.88. The van der Waals surface area contributed by atoms with Gasteiger partial charge in [-0.3, -0.25) is 5.32 Å². The maximum absolute atomic E-state index is 11.0. The molecule has 1 aromatic carbocycles. The van der Waals surface area contributed by atoms with Crippen molar-refractivity contribution in [1.29, 1.82) is 0 Å². The largest absolute Gasteiger partial charge is 0.478 e. The number of nitrogens with one attached hydrogen (secondary N) is 2. The lowest BCUT2D eigenvalue weighted by molar-refractivity contribution is -0.133. The highest BCUT2D eigenvalue weighted by atomic mass is 16.4. The number of hydrogen-bond donors (Lipinski definition) is 3. The molecular formula is C13H14N2O2. The number of carboxylic acids is 1. The Morgan fingerprint density at radius 2 is 2.12 bits per heavy atom. The molecule has 4 nitrogen and oxygen atoms in total. The van der Waals surface area contributed by atoms with Crippen LogP contribution in [0, 0.1) is 0 Å². The second-order valence-electron chi connectivity index (χ2n) is 3.75. The van der Waals surface area contributed by atoms with Crippen LogP contribution < -0.4 is 10.6 Å². The van der Waals surface area contributed by atoms with Crippen molar-refractivity contribution < 1.29 is 9.90 Å². The molecule has 3 N–H and O–H groups in total. The maximum atomic E-state index is 11.0. The van der Waals surface area contributed by atoms with E-state index in [1.807, 2.05) is 30.3 Å². The number of aliphatic carboxylic acids is 1. The van der Waals surface area contributed by atoms with Crippen molar-refractivity contribution in [2.24, 2.45) is 0 Å². The summed E-state index contributed by atoms with van der Waals surface area (Å²) in [5.41, 5.74) is 1.44. The number of hydrogen-bond acceptors (Lipinski definition) is 3. The molecule has 1 aliphatic heterocycles. The maximum Gasteiger partial charge on any atom is 0.335 e. The molecule has 2 rings (SSSR count). The van der Waals surface area contributed by atoms with Crippen LogP contribution in [0.5, 0.6) is 0 Å². The van der Waals surface area contributed by atoms with E-state index in [9.17, 15) is 4.79 Å². The van der Waals surface area contributed by atoms with Gasteiger partial charge in [-0.05, 0) is 23.9 Å². The molecule has 0 amide bonds. The molecule has 17 heavy (non-hydrogen) atoms. The summed E-state index contributed by atoms with van der Waals surface area (Å²) in [5, 5.41) is 15.2. The summed E-state index contributed by atoms with van der Waals surface area (Å²) in [6.07, 6.45) is 4.67. The average Bonchev–Trinajstić information content (AvgIpc) is 2.38. The van der Waals surface area contributed by atoms with Gasteiger partial charge in [0.15, 0.2) is 0 Å². The average molecular weight is 230 g/mol. The summed E-state index contributed by atoms with van der Waals surface area (Å²) in [5.74, 6) is -0.910. The van der Waals surface area contributed by atoms with E-state index in [1.165, 1.54) is 0 Å². The van der Waals surface area contributed by atoms with Crippen LogP contribution in [0.3, 0.4) is 0 Å². The third-order valence-corrected chi connectivity index (χ3v) is 2.55. The van der Waals surface area contributed by atoms with Gasteiger partial charge in [0.2, 0.25) is 0 Å². The minimum absolute atomic E-state index is 0.323. The standard InChI is InChI=1S/C13H14N2O2/c16-13(17)11-7-4-8-14-12(11)15-9-10-5-2-1-3-6-10/h1-8,12,14-15H,9H2,(H,16,17). The highest BCUT2D eigenvalue weighted by Crippen LogP contribution is 2.07. The second kappa shape index (κ2) is 5.32. The fraction of sp³-hybridized carbons (Fsp3) is 0.154. The smallest absolute Gasteiger partial charge is 0.335 e. The van der Waals surface area contributed by atoms with Gasteiger partial charge in [-0.2, -0.15) is 0 Å². The van der Waals surface area contributed by atoms with Crippen molar-refractivity contribution in [3.8, 4) is 0 Å². The Hall–Kier alpha value is -2.07. The first-order chi connectivity index (χ1) is 8.27. The normalized spacial score (nSPS) is 18.4. The van der Waals surface area contributed by atoms with E-state index in [-0.39, 0.29) is 6.17 Å². The molecule has 0 spiro atoms. The number of rotatable bonds is 4. The minimum Gasteiger partial charge on any atom is -0.478 e. The molecule has 0 fully saturated rings. The van der Waals surface area contributed by atoms with Crippen molar-refractivity contribution in [2.75, 3.05) is 0 Å². The van der Waals surface area contributed by atoms with Crippen molar-refractivity contribution in [2.45, 2.75) is 12.7 Å². The summed E-state index contributed by atoms with van der Waals surface area (Å²) in [6.45, 7) is 0.622. The van der Waals surface area contributed by atoms with E-state index in [4.69, 9.17) is 5.11 Å². The Kier molecular flexibility index (Phi) is 3.57. The molecule has 0 aromatic heterocycles. The van der Waals surface area contributed by atoms with Gasteiger partial charge in [-0.25, -0.2) is 4.79 Å². The minimum atomic E-state index is -0.910. The van der Waals surface area contributed by atoms with Gasteiger partial charge >= 0.3 is 5.97 Å². The van der Waals surface area contributed by atoms with Crippen molar-refractivity contribution in [3.05, 3.63) is 59.8 Å². The Morgan fingerprint density at radius 3 is 2.82 bits per heavy atom. The van der Waals surface area contributed by atoms with Crippen LogP contribution >= 0.6 is 0 Å². The van der Waals surface area contributed by atoms with Crippen LogP contribution in [0.1, 0.15) is 5.56 Å². The van der Waals surface area contributed by atoms with E-state index in [2.05, 4.69) is 10.6 Å². The molecule has 1 unspecified atom stereocenters. The lowest BCUT2D eigenvalue weighted by atomic mass is 10.1. The van der Waals surface area contributed by atoms with Crippen LogP contribution in [0.15, 0.2) is 54.3 Å². The van der Waals surface area contributed by atoms with E-state index in [1.54, 1.807) is 18.4 Å². The molecule has 0 aliphatic carbocycles. The van der Waals surface area contributed by atoms with Gasteiger partial charge in [0.1, 0.15) is 6.17 Å². The summed E-state index contributed by atoms with van der Waals surface area (Å²) in [7, 11) is 0. The van der Waals surface area contributed by atoms with Gasteiger partial charge in [0.05, 0.1) is 5.57 Å². The lowest BCUT2D eigenvalue weighted by Crippen LogP contribution is -2.44. The SMILES string of the molecule is O=C(O)C1=CC=CNC1NCc1ccccc1. The molecule has 0 radical (unpaired) electrons. The molecule has 1 atom stereocenters.